The molecule has 8 nitrogen and oxygen atoms in total. The van der Waals surface area contributed by atoms with Gasteiger partial charge in [-0.2, -0.15) is 0 Å². The molecular formula is C30H37N3O5S. The molecule has 1 fully saturated rings. The largest absolute Gasteiger partial charge is 0.497 e. The Labute approximate surface area is 231 Å². The number of rotatable bonds is 9. The van der Waals surface area contributed by atoms with Crippen molar-refractivity contribution < 1.29 is 22.7 Å². The average Bonchev–Trinajstić information content (AvgIpc) is 2.92. The number of piperidine rings is 1. The van der Waals surface area contributed by atoms with Gasteiger partial charge in [0.15, 0.2) is 0 Å². The van der Waals surface area contributed by atoms with Gasteiger partial charge in [0.1, 0.15) is 16.4 Å². The van der Waals surface area contributed by atoms with Crippen molar-refractivity contribution in [1.82, 2.24) is 0 Å². The molecule has 2 atom stereocenters. The van der Waals surface area contributed by atoms with E-state index in [9.17, 15) is 13.2 Å². The van der Waals surface area contributed by atoms with Crippen molar-refractivity contribution in [3.05, 3.63) is 71.8 Å². The normalized spacial score (nSPS) is 17.4. The van der Waals surface area contributed by atoms with Crippen molar-refractivity contribution in [1.29, 1.82) is 0 Å². The van der Waals surface area contributed by atoms with E-state index in [1.165, 1.54) is 25.8 Å². The third kappa shape index (κ3) is 6.65. The third-order valence-corrected chi connectivity index (χ3v) is 8.38. The molecule has 1 aliphatic heterocycles. The minimum Gasteiger partial charge on any atom is -0.497 e. The molecule has 0 saturated carbocycles. The number of benzene rings is 3. The number of carbonyl (C=O) groups excluding carboxylic acids is 1. The number of sulfonamides is 1. The van der Waals surface area contributed by atoms with E-state index in [4.69, 9.17) is 9.47 Å². The van der Waals surface area contributed by atoms with Gasteiger partial charge in [0.25, 0.3) is 15.9 Å². The molecular weight excluding hydrogens is 514 g/mol. The number of hydrogen-bond donors (Lipinski definition) is 2. The van der Waals surface area contributed by atoms with Crippen LogP contribution in [0, 0.1) is 11.8 Å². The maximum Gasteiger partial charge on any atom is 0.265 e. The molecule has 0 radical (unpaired) electrons. The number of methoxy groups -OCH3 is 2. The first-order chi connectivity index (χ1) is 18.6. The molecule has 3 aromatic carbocycles. The molecule has 1 aliphatic rings. The number of nitrogens with one attached hydrogen (secondary N) is 2. The molecule has 0 unspecified atom stereocenters. The van der Waals surface area contributed by atoms with Gasteiger partial charge in [-0.25, -0.2) is 8.42 Å². The fourth-order valence-electron chi connectivity index (χ4n) is 5.12. The van der Waals surface area contributed by atoms with Crippen molar-refractivity contribution in [3.63, 3.8) is 0 Å². The van der Waals surface area contributed by atoms with Crippen LogP contribution in [0.3, 0.4) is 0 Å². The van der Waals surface area contributed by atoms with Crippen LogP contribution in [0.1, 0.15) is 43.1 Å². The van der Waals surface area contributed by atoms with E-state index in [1.807, 2.05) is 30.3 Å². The van der Waals surface area contributed by atoms with E-state index < -0.39 is 10.0 Å². The molecule has 1 saturated heterocycles. The third-order valence-electron chi connectivity index (χ3n) is 6.99. The molecule has 1 heterocycles. The summed E-state index contributed by atoms with van der Waals surface area (Å²) >= 11 is 0. The fraction of sp³-hybridized carbons (Fsp3) is 0.367. The Balaban J connectivity index is 1.72. The van der Waals surface area contributed by atoms with E-state index in [1.54, 1.807) is 24.3 Å². The van der Waals surface area contributed by atoms with Gasteiger partial charge in [-0.15, -0.1) is 0 Å². The average molecular weight is 552 g/mol. The summed E-state index contributed by atoms with van der Waals surface area (Å²) in [7, 11) is -1.21. The van der Waals surface area contributed by atoms with Crippen LogP contribution in [0.5, 0.6) is 11.5 Å². The minimum absolute atomic E-state index is 0.0541. The van der Waals surface area contributed by atoms with Crippen LogP contribution < -0.4 is 24.4 Å². The van der Waals surface area contributed by atoms with Crippen LogP contribution in [0.25, 0.3) is 0 Å². The Hall–Kier alpha value is -3.72. The van der Waals surface area contributed by atoms with Gasteiger partial charge in [0.2, 0.25) is 0 Å². The summed E-state index contributed by atoms with van der Waals surface area (Å²) in [4.78, 5) is 15.3. The van der Waals surface area contributed by atoms with Gasteiger partial charge >= 0.3 is 0 Å². The van der Waals surface area contributed by atoms with Gasteiger partial charge in [-0.1, -0.05) is 32.9 Å². The summed E-state index contributed by atoms with van der Waals surface area (Å²) in [6.45, 7) is 8.04. The minimum atomic E-state index is -4.10. The Bertz CT molecular complexity index is 1410. The van der Waals surface area contributed by atoms with Gasteiger partial charge in [-0.3, -0.25) is 9.52 Å². The lowest BCUT2D eigenvalue weighted by Gasteiger charge is -2.37. The van der Waals surface area contributed by atoms with Crippen LogP contribution in [0.4, 0.5) is 17.1 Å². The highest BCUT2D eigenvalue weighted by atomic mass is 32.2. The first kappa shape index (κ1) is 28.3. The highest BCUT2D eigenvalue weighted by Gasteiger charge is 2.27. The monoisotopic (exact) mass is 551 g/mol. The lowest BCUT2D eigenvalue weighted by atomic mass is 9.91. The second-order valence-corrected chi connectivity index (χ2v) is 11.9. The predicted octanol–water partition coefficient (Wildman–Crippen LogP) is 5.80. The van der Waals surface area contributed by atoms with Crippen LogP contribution in [0.2, 0.25) is 0 Å². The summed E-state index contributed by atoms with van der Waals surface area (Å²) in [5, 5.41) is 2.91. The summed E-state index contributed by atoms with van der Waals surface area (Å²) in [6.07, 6.45) is 2.01. The number of aryl methyl sites for hydroxylation is 1. The number of ether oxygens (including phenoxy) is 2. The smallest absolute Gasteiger partial charge is 0.265 e. The molecule has 4 rings (SSSR count). The van der Waals surface area contributed by atoms with E-state index in [2.05, 4.69) is 35.7 Å². The lowest BCUT2D eigenvalue weighted by Crippen LogP contribution is -2.39. The van der Waals surface area contributed by atoms with Crippen LogP contribution in [-0.4, -0.2) is 41.6 Å². The number of carbonyl (C=O) groups is 1. The molecule has 39 heavy (non-hydrogen) atoms. The summed E-state index contributed by atoms with van der Waals surface area (Å²) < 4.78 is 40.7. The highest BCUT2D eigenvalue weighted by molar-refractivity contribution is 7.92. The molecule has 1 amide bonds. The number of amides is 1. The Kier molecular flexibility index (Phi) is 8.70. The van der Waals surface area contributed by atoms with Crippen molar-refractivity contribution in [2.75, 3.05) is 42.2 Å². The Morgan fingerprint density at radius 3 is 2.26 bits per heavy atom. The van der Waals surface area contributed by atoms with Crippen LogP contribution in [0.15, 0.2) is 65.6 Å². The molecule has 0 aliphatic carbocycles. The summed E-state index contributed by atoms with van der Waals surface area (Å²) in [5.41, 5.74) is 3.24. The van der Waals surface area contributed by atoms with Crippen molar-refractivity contribution in [2.24, 2.45) is 11.8 Å². The molecule has 2 N–H and O–H groups in total. The zero-order valence-electron chi connectivity index (χ0n) is 23.2. The second-order valence-electron chi connectivity index (χ2n) is 10.2. The standard InChI is InChI=1S/C30H37N3O5S/c1-6-22-7-10-24(11-8-22)31-30(34)23-9-13-27(33-18-20(2)15-21(3)19-33)26(16-23)32-39(35,36)29-17-25(37-4)12-14-28(29)38-5/h7-14,16-17,20-21,32H,6,15,18-19H2,1-5H3,(H,31,34)/t20-,21+. The first-order valence-corrected chi connectivity index (χ1v) is 14.7. The maximum absolute atomic E-state index is 13.7. The first-order valence-electron chi connectivity index (χ1n) is 13.2. The van der Waals surface area contributed by atoms with E-state index in [-0.39, 0.29) is 16.6 Å². The van der Waals surface area contributed by atoms with E-state index >= 15 is 0 Å². The molecule has 9 heteroatoms. The van der Waals surface area contributed by atoms with Crippen molar-refractivity contribution >= 4 is 33.0 Å². The van der Waals surface area contributed by atoms with E-state index in [0.29, 0.717) is 34.5 Å². The molecule has 208 valence electrons. The van der Waals surface area contributed by atoms with Gasteiger partial charge in [-0.05, 0) is 72.7 Å². The van der Waals surface area contributed by atoms with Gasteiger partial charge in [0, 0.05) is 30.4 Å². The van der Waals surface area contributed by atoms with E-state index in [0.717, 1.165) is 31.6 Å². The zero-order chi connectivity index (χ0) is 28.2. The summed E-state index contributed by atoms with van der Waals surface area (Å²) in [5.74, 6) is 1.15. The van der Waals surface area contributed by atoms with Crippen LogP contribution in [-0.2, 0) is 16.4 Å². The van der Waals surface area contributed by atoms with Gasteiger partial charge in [0.05, 0.1) is 25.6 Å². The van der Waals surface area contributed by atoms with Gasteiger partial charge < -0.3 is 19.7 Å². The molecule has 0 aromatic heterocycles. The SMILES string of the molecule is CCc1ccc(NC(=O)c2ccc(N3C[C@H](C)C[C@H](C)C3)c(NS(=O)(=O)c3cc(OC)ccc3OC)c2)cc1. The van der Waals surface area contributed by atoms with Crippen LogP contribution >= 0.6 is 0 Å². The lowest BCUT2D eigenvalue weighted by molar-refractivity contribution is 0.102. The topological polar surface area (TPSA) is 97.0 Å². The zero-order valence-corrected chi connectivity index (χ0v) is 24.0. The molecule has 0 bridgehead atoms. The second kappa shape index (κ2) is 12.0. The number of nitrogens with zero attached hydrogens (tertiary/aromatic N) is 1. The number of anilines is 3. The highest BCUT2D eigenvalue weighted by Crippen LogP contribution is 2.36. The quantitative estimate of drug-likeness (QED) is 0.349. The Morgan fingerprint density at radius 1 is 0.949 bits per heavy atom. The fourth-order valence-corrected chi connectivity index (χ4v) is 6.37. The van der Waals surface area contributed by atoms with Crippen molar-refractivity contribution in [2.45, 2.75) is 38.5 Å². The Morgan fingerprint density at radius 2 is 1.64 bits per heavy atom. The summed E-state index contributed by atoms with van der Waals surface area (Å²) in [6, 6.07) is 17.4. The maximum atomic E-state index is 13.7. The predicted molar refractivity (Wildman–Crippen MR) is 156 cm³/mol. The molecule has 0 spiro atoms. The molecule has 3 aromatic rings. The van der Waals surface area contributed by atoms with Crippen molar-refractivity contribution in [3.8, 4) is 11.5 Å². The number of hydrogen-bond acceptors (Lipinski definition) is 6.